The molecule has 0 saturated heterocycles. The van der Waals surface area contributed by atoms with Crippen molar-refractivity contribution in [3.63, 3.8) is 0 Å². The van der Waals surface area contributed by atoms with E-state index >= 15 is 0 Å². The molecule has 20 heavy (non-hydrogen) atoms. The lowest BCUT2D eigenvalue weighted by Crippen LogP contribution is -2.15. The fraction of sp³-hybridized carbons (Fsp3) is 0. The van der Waals surface area contributed by atoms with Crippen molar-refractivity contribution in [3.8, 4) is 0 Å². The summed E-state index contributed by atoms with van der Waals surface area (Å²) in [4.78, 5) is -0.0270. The molecule has 0 aliphatic rings. The molecule has 0 unspecified atom stereocenters. The maximum absolute atomic E-state index is 13.0. The molecule has 0 heterocycles. The Kier molecular flexibility index (Phi) is 4.55. The van der Waals surface area contributed by atoms with E-state index < -0.39 is 15.8 Å². The molecule has 3 N–H and O–H groups in total. The summed E-state index contributed by atoms with van der Waals surface area (Å²) in [6, 6.07) is 8.28. The standard InChI is InChI=1S/C12H9BrFIN2O2S/c13-7-1-4-12(10(16)5-7)20(18,19)17-11-3-2-8(14)6-9(11)15/h1-6,17H,16H2. The zero-order valence-corrected chi connectivity index (χ0v) is 14.5. The van der Waals surface area contributed by atoms with Crippen LogP contribution < -0.4 is 10.5 Å². The molecule has 0 saturated carbocycles. The molecule has 0 aromatic heterocycles. The fourth-order valence-electron chi connectivity index (χ4n) is 1.54. The summed E-state index contributed by atoms with van der Waals surface area (Å²) < 4.78 is 41.1. The highest BCUT2D eigenvalue weighted by Crippen LogP contribution is 2.27. The molecule has 2 aromatic rings. The van der Waals surface area contributed by atoms with Crippen LogP contribution in [0.15, 0.2) is 45.8 Å². The first-order valence-corrected chi connectivity index (χ1v) is 8.68. The maximum Gasteiger partial charge on any atom is 0.263 e. The number of benzene rings is 2. The SMILES string of the molecule is Nc1cc(Br)ccc1S(=O)(=O)Nc1ccc(F)cc1I. The second kappa shape index (κ2) is 5.86. The minimum Gasteiger partial charge on any atom is -0.398 e. The van der Waals surface area contributed by atoms with E-state index in [1.807, 2.05) is 22.6 Å². The lowest BCUT2D eigenvalue weighted by molar-refractivity contribution is 0.601. The fourth-order valence-corrected chi connectivity index (χ4v) is 3.90. The second-order valence-electron chi connectivity index (χ2n) is 3.91. The van der Waals surface area contributed by atoms with Gasteiger partial charge in [0.2, 0.25) is 0 Å². The topological polar surface area (TPSA) is 72.2 Å². The molecule has 0 amide bonds. The Hall–Kier alpha value is -0.870. The van der Waals surface area contributed by atoms with Crippen molar-refractivity contribution in [1.82, 2.24) is 0 Å². The van der Waals surface area contributed by atoms with Gasteiger partial charge in [-0.3, -0.25) is 4.72 Å². The first-order chi connectivity index (χ1) is 9.29. The van der Waals surface area contributed by atoms with E-state index in [9.17, 15) is 12.8 Å². The van der Waals surface area contributed by atoms with Crippen LogP contribution >= 0.6 is 38.5 Å². The molecule has 0 bridgehead atoms. The Morgan fingerprint density at radius 1 is 1.20 bits per heavy atom. The summed E-state index contributed by atoms with van der Waals surface area (Å²) in [7, 11) is -3.82. The molecule has 0 spiro atoms. The van der Waals surface area contributed by atoms with E-state index in [-0.39, 0.29) is 10.6 Å². The van der Waals surface area contributed by atoms with E-state index in [0.717, 1.165) is 0 Å². The van der Waals surface area contributed by atoms with E-state index in [2.05, 4.69) is 20.7 Å². The molecule has 0 radical (unpaired) electrons. The Bertz CT molecular complexity index is 768. The van der Waals surface area contributed by atoms with Gasteiger partial charge >= 0.3 is 0 Å². The van der Waals surface area contributed by atoms with Crippen molar-refractivity contribution in [3.05, 3.63) is 50.3 Å². The quantitative estimate of drug-likeness (QED) is 0.532. The van der Waals surface area contributed by atoms with Gasteiger partial charge in [0.1, 0.15) is 10.7 Å². The molecule has 4 nitrogen and oxygen atoms in total. The van der Waals surface area contributed by atoms with Gasteiger partial charge in [-0.1, -0.05) is 15.9 Å². The van der Waals surface area contributed by atoms with Gasteiger partial charge in [-0.05, 0) is 59.0 Å². The van der Waals surface area contributed by atoms with Crippen molar-refractivity contribution in [1.29, 1.82) is 0 Å². The molecule has 2 aromatic carbocycles. The summed E-state index contributed by atoms with van der Waals surface area (Å²) in [6.07, 6.45) is 0. The average molecular weight is 471 g/mol. The van der Waals surface area contributed by atoms with E-state index in [1.54, 1.807) is 6.07 Å². The van der Waals surface area contributed by atoms with Gasteiger partial charge in [0.15, 0.2) is 0 Å². The number of nitrogens with two attached hydrogens (primary N) is 1. The van der Waals surface area contributed by atoms with Crippen LogP contribution in [-0.2, 0) is 10.0 Å². The van der Waals surface area contributed by atoms with E-state index in [0.29, 0.717) is 13.7 Å². The summed E-state index contributed by atoms with van der Waals surface area (Å²) in [5.74, 6) is -0.430. The number of nitrogen functional groups attached to an aromatic ring is 1. The Morgan fingerprint density at radius 3 is 2.50 bits per heavy atom. The number of hydrogen-bond donors (Lipinski definition) is 2. The molecular weight excluding hydrogens is 462 g/mol. The van der Waals surface area contributed by atoms with Gasteiger partial charge in [0.05, 0.1) is 11.4 Å². The summed E-state index contributed by atoms with van der Waals surface area (Å²) in [5, 5.41) is 0. The first kappa shape index (κ1) is 15.5. The zero-order valence-electron chi connectivity index (χ0n) is 9.90. The average Bonchev–Trinajstić information content (AvgIpc) is 2.32. The molecule has 0 fully saturated rings. The zero-order chi connectivity index (χ0) is 14.9. The second-order valence-corrected chi connectivity index (χ2v) is 7.64. The van der Waals surface area contributed by atoms with Crippen molar-refractivity contribution in [2.45, 2.75) is 4.90 Å². The van der Waals surface area contributed by atoms with Crippen molar-refractivity contribution < 1.29 is 12.8 Å². The number of rotatable bonds is 3. The summed E-state index contributed by atoms with van der Waals surface area (Å²) in [5.41, 5.74) is 6.14. The van der Waals surface area contributed by atoms with Crippen LogP contribution in [0.1, 0.15) is 0 Å². The van der Waals surface area contributed by atoms with Crippen LogP contribution in [0.2, 0.25) is 0 Å². The number of anilines is 2. The molecule has 0 atom stereocenters. The van der Waals surface area contributed by atoms with Crippen LogP contribution in [-0.4, -0.2) is 8.42 Å². The highest BCUT2D eigenvalue weighted by molar-refractivity contribution is 14.1. The maximum atomic E-state index is 13.0. The Balaban J connectivity index is 2.41. The predicted octanol–water partition coefficient (Wildman–Crippen LogP) is 3.58. The monoisotopic (exact) mass is 470 g/mol. The highest BCUT2D eigenvalue weighted by atomic mass is 127. The van der Waals surface area contributed by atoms with E-state index in [1.165, 1.54) is 30.3 Å². The van der Waals surface area contributed by atoms with Crippen LogP contribution in [0.25, 0.3) is 0 Å². The number of halogens is 3. The lowest BCUT2D eigenvalue weighted by Gasteiger charge is -2.11. The Labute approximate surface area is 137 Å². The molecule has 2 rings (SSSR count). The summed E-state index contributed by atoms with van der Waals surface area (Å²) >= 11 is 5.07. The van der Waals surface area contributed by atoms with Crippen LogP contribution in [0.3, 0.4) is 0 Å². The molecule has 0 aliphatic carbocycles. The third-order valence-corrected chi connectivity index (χ3v) is 5.26. The smallest absolute Gasteiger partial charge is 0.263 e. The van der Waals surface area contributed by atoms with Gasteiger partial charge in [-0.15, -0.1) is 0 Å². The summed E-state index contributed by atoms with van der Waals surface area (Å²) in [6.45, 7) is 0. The van der Waals surface area contributed by atoms with Gasteiger partial charge in [0.25, 0.3) is 10.0 Å². The van der Waals surface area contributed by atoms with Crippen molar-refractivity contribution in [2.24, 2.45) is 0 Å². The van der Waals surface area contributed by atoms with Gasteiger partial charge in [0, 0.05) is 8.04 Å². The minimum atomic E-state index is -3.82. The minimum absolute atomic E-state index is 0.0270. The third kappa shape index (κ3) is 3.41. The lowest BCUT2D eigenvalue weighted by atomic mass is 10.3. The number of hydrogen-bond acceptors (Lipinski definition) is 3. The van der Waals surface area contributed by atoms with Crippen molar-refractivity contribution >= 4 is 59.9 Å². The number of nitrogens with one attached hydrogen (secondary N) is 1. The highest BCUT2D eigenvalue weighted by Gasteiger charge is 2.18. The number of sulfonamides is 1. The van der Waals surface area contributed by atoms with Crippen molar-refractivity contribution in [2.75, 3.05) is 10.5 Å². The molecular formula is C12H9BrFIN2O2S. The van der Waals surface area contributed by atoms with Crippen LogP contribution in [0, 0.1) is 9.39 Å². The Morgan fingerprint density at radius 2 is 1.90 bits per heavy atom. The normalized spacial score (nSPS) is 11.3. The first-order valence-electron chi connectivity index (χ1n) is 5.32. The van der Waals surface area contributed by atoms with Gasteiger partial charge in [-0.25, -0.2) is 12.8 Å². The van der Waals surface area contributed by atoms with Gasteiger partial charge < -0.3 is 5.73 Å². The predicted molar refractivity (Wildman–Crippen MR) is 88.5 cm³/mol. The largest absolute Gasteiger partial charge is 0.398 e. The molecule has 8 heteroatoms. The third-order valence-electron chi connectivity index (χ3n) is 2.44. The molecule has 106 valence electrons. The van der Waals surface area contributed by atoms with Crippen LogP contribution in [0.5, 0.6) is 0 Å². The molecule has 0 aliphatic heterocycles. The van der Waals surface area contributed by atoms with Gasteiger partial charge in [-0.2, -0.15) is 0 Å². The van der Waals surface area contributed by atoms with E-state index in [4.69, 9.17) is 5.73 Å². The van der Waals surface area contributed by atoms with Crippen LogP contribution in [0.4, 0.5) is 15.8 Å².